The van der Waals surface area contributed by atoms with Crippen molar-refractivity contribution in [3.8, 4) is 0 Å². The first-order chi connectivity index (χ1) is 7.66. The van der Waals surface area contributed by atoms with Crippen LogP contribution in [0.1, 0.15) is 12.8 Å². The Kier molecular flexibility index (Phi) is 4.18. The molecule has 1 heterocycles. The Bertz CT molecular complexity index is 380. The number of rotatable bonds is 3. The van der Waals surface area contributed by atoms with Gasteiger partial charge in [0, 0.05) is 17.9 Å². The zero-order valence-electron chi connectivity index (χ0n) is 8.80. The minimum atomic E-state index is -0.212. The number of thioether (sulfide) groups is 1. The van der Waals surface area contributed by atoms with Crippen LogP contribution < -0.4 is 11.1 Å². The van der Waals surface area contributed by atoms with E-state index in [9.17, 15) is 4.39 Å². The zero-order chi connectivity index (χ0) is 11.5. The maximum absolute atomic E-state index is 13.4. The monoisotopic (exact) mass is 352 g/mol. The molecule has 88 valence electrons. The molecule has 0 amide bonds. The van der Waals surface area contributed by atoms with E-state index in [1.165, 1.54) is 24.7 Å². The summed E-state index contributed by atoms with van der Waals surface area (Å²) in [7, 11) is 0. The molecule has 1 aliphatic rings. The third-order valence-electron chi connectivity index (χ3n) is 2.64. The van der Waals surface area contributed by atoms with Crippen molar-refractivity contribution in [2.45, 2.75) is 18.1 Å². The van der Waals surface area contributed by atoms with Crippen LogP contribution >= 0.6 is 34.4 Å². The van der Waals surface area contributed by atoms with Gasteiger partial charge in [-0.05, 0) is 47.3 Å². The van der Waals surface area contributed by atoms with E-state index in [2.05, 4.69) is 5.32 Å². The van der Waals surface area contributed by atoms with E-state index in [-0.39, 0.29) is 5.82 Å². The molecule has 1 aliphatic heterocycles. The number of hydrogen-bond acceptors (Lipinski definition) is 3. The molecule has 2 rings (SSSR count). The normalized spacial score (nSPS) is 20.0. The van der Waals surface area contributed by atoms with E-state index >= 15 is 0 Å². The second-order valence-corrected chi connectivity index (χ2v) is 6.44. The topological polar surface area (TPSA) is 38.0 Å². The fourth-order valence-corrected chi connectivity index (χ4v) is 3.44. The number of hydrogen-bond donors (Lipinski definition) is 2. The largest absolute Gasteiger partial charge is 0.397 e. The predicted molar refractivity (Wildman–Crippen MR) is 77.5 cm³/mol. The van der Waals surface area contributed by atoms with Crippen LogP contribution in [0.2, 0.25) is 0 Å². The van der Waals surface area contributed by atoms with Gasteiger partial charge in [-0.1, -0.05) is 0 Å². The Balaban J connectivity index is 2.00. The molecule has 0 saturated carbocycles. The van der Waals surface area contributed by atoms with Gasteiger partial charge in [0.2, 0.25) is 0 Å². The molecule has 0 spiro atoms. The highest BCUT2D eigenvalue weighted by Gasteiger charge is 2.15. The quantitative estimate of drug-likeness (QED) is 0.648. The summed E-state index contributed by atoms with van der Waals surface area (Å²) in [5, 5.41) is 3.87. The van der Waals surface area contributed by atoms with Crippen LogP contribution in [0, 0.1) is 9.39 Å². The summed E-state index contributed by atoms with van der Waals surface area (Å²) in [5.74, 6) is 1.03. The van der Waals surface area contributed by atoms with Crippen molar-refractivity contribution in [2.75, 3.05) is 23.3 Å². The minimum absolute atomic E-state index is 0.212. The van der Waals surface area contributed by atoms with Gasteiger partial charge in [0.05, 0.1) is 14.9 Å². The molecule has 1 fully saturated rings. The Hall–Kier alpha value is -0.170. The summed E-state index contributed by atoms with van der Waals surface area (Å²) in [6.45, 7) is 0.870. The first-order valence-corrected chi connectivity index (χ1v) is 7.39. The van der Waals surface area contributed by atoms with Crippen LogP contribution in [0.3, 0.4) is 0 Å². The van der Waals surface area contributed by atoms with Crippen molar-refractivity contribution in [3.63, 3.8) is 0 Å². The summed E-state index contributed by atoms with van der Waals surface area (Å²) in [6, 6.07) is 3.15. The molecular weight excluding hydrogens is 338 g/mol. The van der Waals surface area contributed by atoms with Gasteiger partial charge in [0.25, 0.3) is 0 Å². The molecule has 0 bridgehead atoms. The molecule has 2 nitrogen and oxygen atoms in total. The van der Waals surface area contributed by atoms with Gasteiger partial charge in [-0.15, -0.1) is 0 Å². The molecular formula is C11H14FIN2S. The predicted octanol–water partition coefficient (Wildman–Crippen LogP) is 3.32. The standard InChI is InChI=1S/C11H14FIN2S/c12-8-4-11(10(14)5-9(8)13)15-6-7-2-1-3-16-7/h4-5,7,15H,1-3,6,14H2. The summed E-state index contributed by atoms with van der Waals surface area (Å²) >= 11 is 3.92. The Morgan fingerprint density at radius 1 is 1.56 bits per heavy atom. The second kappa shape index (κ2) is 5.44. The van der Waals surface area contributed by atoms with Crippen molar-refractivity contribution < 1.29 is 4.39 Å². The van der Waals surface area contributed by atoms with E-state index in [1.807, 2.05) is 34.4 Å². The molecule has 1 saturated heterocycles. The van der Waals surface area contributed by atoms with Crippen molar-refractivity contribution in [3.05, 3.63) is 21.5 Å². The fraction of sp³-hybridized carbons (Fsp3) is 0.455. The van der Waals surface area contributed by atoms with Crippen molar-refractivity contribution >= 4 is 45.7 Å². The van der Waals surface area contributed by atoms with E-state index < -0.39 is 0 Å². The smallest absolute Gasteiger partial charge is 0.138 e. The summed E-state index contributed by atoms with van der Waals surface area (Å²) in [4.78, 5) is 0. The van der Waals surface area contributed by atoms with Crippen LogP contribution in [0.4, 0.5) is 15.8 Å². The highest BCUT2D eigenvalue weighted by molar-refractivity contribution is 14.1. The average Bonchev–Trinajstić information content (AvgIpc) is 2.74. The Labute approximate surface area is 113 Å². The lowest BCUT2D eigenvalue weighted by Gasteiger charge is -2.13. The van der Waals surface area contributed by atoms with E-state index in [4.69, 9.17) is 5.73 Å². The molecule has 0 aromatic heterocycles. The lowest BCUT2D eigenvalue weighted by Crippen LogP contribution is -2.14. The minimum Gasteiger partial charge on any atom is -0.397 e. The number of nitrogens with one attached hydrogen (secondary N) is 1. The van der Waals surface area contributed by atoms with Gasteiger partial charge in [0.15, 0.2) is 0 Å². The molecule has 3 N–H and O–H groups in total. The van der Waals surface area contributed by atoms with E-state index in [1.54, 1.807) is 6.07 Å². The van der Waals surface area contributed by atoms with Crippen LogP contribution in [0.15, 0.2) is 12.1 Å². The van der Waals surface area contributed by atoms with Gasteiger partial charge in [-0.2, -0.15) is 11.8 Å². The summed E-state index contributed by atoms with van der Waals surface area (Å²) in [6.07, 6.45) is 2.53. The van der Waals surface area contributed by atoms with Crippen molar-refractivity contribution in [1.29, 1.82) is 0 Å². The zero-order valence-corrected chi connectivity index (χ0v) is 11.8. The van der Waals surface area contributed by atoms with E-state index in [0.717, 1.165) is 6.54 Å². The first kappa shape index (κ1) is 12.3. The highest BCUT2D eigenvalue weighted by atomic mass is 127. The molecule has 5 heteroatoms. The Morgan fingerprint density at radius 3 is 3.06 bits per heavy atom. The molecule has 1 aromatic rings. The van der Waals surface area contributed by atoms with Crippen LogP contribution in [0.5, 0.6) is 0 Å². The molecule has 0 radical (unpaired) electrons. The number of nitrogens with two attached hydrogens (primary N) is 1. The number of anilines is 2. The second-order valence-electron chi connectivity index (χ2n) is 3.87. The third kappa shape index (κ3) is 2.94. The lowest BCUT2D eigenvalue weighted by molar-refractivity contribution is 0.621. The van der Waals surface area contributed by atoms with Gasteiger partial charge in [-0.25, -0.2) is 4.39 Å². The summed E-state index contributed by atoms with van der Waals surface area (Å²) in [5.41, 5.74) is 7.17. The van der Waals surface area contributed by atoms with Crippen molar-refractivity contribution in [1.82, 2.24) is 0 Å². The molecule has 1 aromatic carbocycles. The van der Waals surface area contributed by atoms with Gasteiger partial charge >= 0.3 is 0 Å². The van der Waals surface area contributed by atoms with Crippen LogP contribution in [-0.4, -0.2) is 17.5 Å². The van der Waals surface area contributed by atoms with E-state index in [0.29, 0.717) is 20.2 Å². The fourth-order valence-electron chi connectivity index (χ4n) is 1.74. The average molecular weight is 352 g/mol. The molecule has 1 atom stereocenters. The molecule has 0 aliphatic carbocycles. The molecule has 16 heavy (non-hydrogen) atoms. The highest BCUT2D eigenvalue weighted by Crippen LogP contribution is 2.28. The SMILES string of the molecule is Nc1cc(I)c(F)cc1NCC1CCCS1. The van der Waals surface area contributed by atoms with Crippen LogP contribution in [0.25, 0.3) is 0 Å². The number of halogens is 2. The van der Waals surface area contributed by atoms with Gasteiger partial charge in [-0.3, -0.25) is 0 Å². The van der Waals surface area contributed by atoms with Gasteiger partial charge in [0.1, 0.15) is 5.82 Å². The first-order valence-electron chi connectivity index (χ1n) is 5.27. The third-order valence-corrected chi connectivity index (χ3v) is 4.86. The molecule has 1 unspecified atom stereocenters. The van der Waals surface area contributed by atoms with Gasteiger partial charge < -0.3 is 11.1 Å². The Morgan fingerprint density at radius 2 is 2.38 bits per heavy atom. The maximum Gasteiger partial charge on any atom is 0.138 e. The number of nitrogen functional groups attached to an aromatic ring is 1. The maximum atomic E-state index is 13.4. The number of benzene rings is 1. The summed E-state index contributed by atoms with van der Waals surface area (Å²) < 4.78 is 13.9. The van der Waals surface area contributed by atoms with Crippen molar-refractivity contribution in [2.24, 2.45) is 0 Å². The lowest BCUT2D eigenvalue weighted by atomic mass is 10.2. The van der Waals surface area contributed by atoms with Crippen LogP contribution in [-0.2, 0) is 0 Å².